The van der Waals surface area contributed by atoms with Crippen molar-refractivity contribution in [1.82, 2.24) is 10.2 Å². The third kappa shape index (κ3) is 7.09. The van der Waals surface area contributed by atoms with Crippen molar-refractivity contribution in [3.05, 3.63) is 63.6 Å². The van der Waals surface area contributed by atoms with E-state index in [1.807, 2.05) is 6.07 Å². The van der Waals surface area contributed by atoms with Crippen LogP contribution < -0.4 is 9.62 Å². The molecule has 0 aliphatic carbocycles. The first kappa shape index (κ1) is 27.0. The Kier molecular flexibility index (Phi) is 9.57. The van der Waals surface area contributed by atoms with E-state index in [2.05, 4.69) is 5.32 Å². The lowest BCUT2D eigenvalue weighted by molar-refractivity contribution is -0.140. The van der Waals surface area contributed by atoms with Crippen LogP contribution in [0, 0.1) is 6.92 Å². The van der Waals surface area contributed by atoms with Gasteiger partial charge in [-0.1, -0.05) is 47.5 Å². The minimum absolute atomic E-state index is 0.0530. The molecule has 180 valence electrons. The Morgan fingerprint density at radius 3 is 2.30 bits per heavy atom. The van der Waals surface area contributed by atoms with Crippen LogP contribution in [0.4, 0.5) is 5.69 Å². The van der Waals surface area contributed by atoms with Crippen molar-refractivity contribution in [1.29, 1.82) is 0 Å². The normalized spacial score (nSPS) is 12.2. The van der Waals surface area contributed by atoms with Gasteiger partial charge in [0, 0.05) is 36.6 Å². The molecule has 0 radical (unpaired) electrons. The summed E-state index contributed by atoms with van der Waals surface area (Å²) in [5.41, 5.74) is 1.84. The first-order chi connectivity index (χ1) is 15.5. The molecule has 2 aromatic rings. The van der Waals surface area contributed by atoms with Gasteiger partial charge in [-0.05, 0) is 49.6 Å². The van der Waals surface area contributed by atoms with Gasteiger partial charge in [0.2, 0.25) is 21.8 Å². The van der Waals surface area contributed by atoms with Crippen LogP contribution in [0.3, 0.4) is 0 Å². The Morgan fingerprint density at radius 1 is 1.06 bits per heavy atom. The molecule has 0 aliphatic rings. The van der Waals surface area contributed by atoms with Crippen LogP contribution in [0.5, 0.6) is 0 Å². The van der Waals surface area contributed by atoms with E-state index in [1.165, 1.54) is 16.3 Å². The second-order valence-electron chi connectivity index (χ2n) is 7.73. The van der Waals surface area contributed by atoms with Crippen LogP contribution in [0.2, 0.25) is 10.0 Å². The number of sulfonamides is 1. The van der Waals surface area contributed by atoms with E-state index in [1.54, 1.807) is 50.2 Å². The van der Waals surface area contributed by atoms with Crippen LogP contribution in [0.25, 0.3) is 0 Å². The van der Waals surface area contributed by atoms with E-state index in [-0.39, 0.29) is 37.7 Å². The fourth-order valence-corrected chi connectivity index (χ4v) is 4.83. The van der Waals surface area contributed by atoms with Gasteiger partial charge in [-0.2, -0.15) is 0 Å². The maximum Gasteiger partial charge on any atom is 0.242 e. The van der Waals surface area contributed by atoms with Gasteiger partial charge in [0.25, 0.3) is 0 Å². The average Bonchev–Trinajstić information content (AvgIpc) is 2.76. The molecule has 10 heteroatoms. The molecule has 1 N–H and O–H groups in total. The van der Waals surface area contributed by atoms with Gasteiger partial charge in [-0.15, -0.1) is 0 Å². The molecular weight excluding hydrogens is 485 g/mol. The van der Waals surface area contributed by atoms with E-state index in [4.69, 9.17) is 23.2 Å². The molecule has 1 atom stereocenters. The highest BCUT2D eigenvalue weighted by Crippen LogP contribution is 2.28. The molecule has 33 heavy (non-hydrogen) atoms. The standard InChI is InChI=1S/C23H29Cl2N3O4S/c1-16-19(24)11-7-12-21(16)28(33(4,31)32)14-8-13-22(29)27(17(2)23(30)26-3)15-18-9-5-6-10-20(18)25/h5-7,9-12,17H,8,13-15H2,1-4H3,(H,26,30)/t17-/m1/s1. The third-order valence-electron chi connectivity index (χ3n) is 5.37. The number of likely N-dealkylation sites (N-methyl/N-ethyl adjacent to an activating group) is 1. The summed E-state index contributed by atoms with van der Waals surface area (Å²) >= 11 is 12.4. The zero-order valence-corrected chi connectivity index (χ0v) is 21.5. The summed E-state index contributed by atoms with van der Waals surface area (Å²) in [5.74, 6) is -0.579. The fourth-order valence-electron chi connectivity index (χ4n) is 3.45. The lowest BCUT2D eigenvalue weighted by atomic mass is 10.1. The van der Waals surface area contributed by atoms with Crippen LogP contribution in [0.15, 0.2) is 42.5 Å². The largest absolute Gasteiger partial charge is 0.357 e. The van der Waals surface area contributed by atoms with Gasteiger partial charge in [0.1, 0.15) is 6.04 Å². The molecule has 7 nitrogen and oxygen atoms in total. The Morgan fingerprint density at radius 2 is 1.70 bits per heavy atom. The molecule has 0 saturated heterocycles. The molecule has 0 aromatic heterocycles. The third-order valence-corrected chi connectivity index (χ3v) is 7.33. The van der Waals surface area contributed by atoms with Crippen LogP contribution in [-0.2, 0) is 26.2 Å². The highest BCUT2D eigenvalue weighted by Gasteiger charge is 2.27. The molecule has 0 spiro atoms. The fraction of sp³-hybridized carbons (Fsp3) is 0.391. The lowest BCUT2D eigenvalue weighted by Gasteiger charge is -2.29. The molecule has 0 unspecified atom stereocenters. The molecule has 0 saturated carbocycles. The number of nitrogens with one attached hydrogen (secondary N) is 1. The van der Waals surface area contributed by atoms with Crippen molar-refractivity contribution in [2.45, 2.75) is 39.3 Å². The van der Waals surface area contributed by atoms with Crippen molar-refractivity contribution in [2.24, 2.45) is 0 Å². The molecule has 0 fully saturated rings. The maximum atomic E-state index is 13.1. The van der Waals surface area contributed by atoms with Crippen molar-refractivity contribution in [2.75, 3.05) is 24.2 Å². The lowest BCUT2D eigenvalue weighted by Crippen LogP contribution is -2.46. The average molecular weight is 514 g/mol. The van der Waals surface area contributed by atoms with Gasteiger partial charge >= 0.3 is 0 Å². The highest BCUT2D eigenvalue weighted by molar-refractivity contribution is 7.92. The second-order valence-corrected chi connectivity index (χ2v) is 10.4. The minimum Gasteiger partial charge on any atom is -0.357 e. The van der Waals surface area contributed by atoms with E-state index < -0.39 is 16.1 Å². The number of benzene rings is 2. The molecular formula is C23H29Cl2N3O4S. The number of rotatable bonds is 10. The SMILES string of the molecule is CNC(=O)[C@@H](C)N(Cc1ccccc1Cl)C(=O)CCCN(c1cccc(Cl)c1C)S(C)(=O)=O. The van der Waals surface area contributed by atoms with Gasteiger partial charge in [0.05, 0.1) is 11.9 Å². The predicted molar refractivity (Wildman–Crippen MR) is 133 cm³/mol. The number of hydrogen-bond acceptors (Lipinski definition) is 4. The Hall–Kier alpha value is -2.29. The Labute approximate surface area is 205 Å². The van der Waals surface area contributed by atoms with Crippen molar-refractivity contribution < 1.29 is 18.0 Å². The number of amides is 2. The van der Waals surface area contributed by atoms with E-state index in [0.717, 1.165) is 11.8 Å². The second kappa shape index (κ2) is 11.7. The quantitative estimate of drug-likeness (QED) is 0.519. The summed E-state index contributed by atoms with van der Waals surface area (Å²) in [6, 6.07) is 11.5. The van der Waals surface area contributed by atoms with Gasteiger partial charge < -0.3 is 10.2 Å². The van der Waals surface area contributed by atoms with E-state index >= 15 is 0 Å². The summed E-state index contributed by atoms with van der Waals surface area (Å²) in [6.07, 6.45) is 1.43. The Balaban J connectivity index is 2.19. The predicted octanol–water partition coefficient (Wildman–Crippen LogP) is 4.01. The number of carbonyl (C=O) groups excluding carboxylic acids is 2. The van der Waals surface area contributed by atoms with Gasteiger partial charge in [0.15, 0.2) is 0 Å². The molecule has 0 aliphatic heterocycles. The number of hydrogen-bond donors (Lipinski definition) is 1. The molecule has 0 heterocycles. The van der Waals surface area contributed by atoms with Gasteiger partial charge in [-0.3, -0.25) is 13.9 Å². The maximum absolute atomic E-state index is 13.1. The number of anilines is 1. The molecule has 2 aromatic carbocycles. The van der Waals surface area contributed by atoms with Crippen LogP contribution >= 0.6 is 23.2 Å². The summed E-state index contributed by atoms with van der Waals surface area (Å²) in [5, 5.41) is 3.52. The summed E-state index contributed by atoms with van der Waals surface area (Å²) in [6.45, 7) is 3.65. The first-order valence-electron chi connectivity index (χ1n) is 10.4. The topological polar surface area (TPSA) is 86.8 Å². The monoisotopic (exact) mass is 513 g/mol. The first-order valence-corrected chi connectivity index (χ1v) is 13.0. The number of carbonyl (C=O) groups is 2. The number of halogens is 2. The summed E-state index contributed by atoms with van der Waals surface area (Å²) in [7, 11) is -2.09. The smallest absolute Gasteiger partial charge is 0.242 e. The molecule has 2 rings (SSSR count). The molecule has 2 amide bonds. The zero-order valence-electron chi connectivity index (χ0n) is 19.1. The molecule has 0 bridgehead atoms. The zero-order chi connectivity index (χ0) is 24.8. The highest BCUT2D eigenvalue weighted by atomic mass is 35.5. The minimum atomic E-state index is -3.60. The summed E-state index contributed by atoms with van der Waals surface area (Å²) < 4.78 is 26.1. The van der Waals surface area contributed by atoms with E-state index in [9.17, 15) is 18.0 Å². The Bertz CT molecular complexity index is 1110. The van der Waals surface area contributed by atoms with Crippen LogP contribution in [-0.4, -0.2) is 51.0 Å². The van der Waals surface area contributed by atoms with Crippen molar-refractivity contribution >= 4 is 50.7 Å². The number of nitrogens with zero attached hydrogens (tertiary/aromatic N) is 2. The van der Waals surface area contributed by atoms with Crippen molar-refractivity contribution in [3.63, 3.8) is 0 Å². The van der Waals surface area contributed by atoms with Crippen LogP contribution in [0.1, 0.15) is 30.9 Å². The van der Waals surface area contributed by atoms with Crippen molar-refractivity contribution in [3.8, 4) is 0 Å². The van der Waals surface area contributed by atoms with E-state index in [0.29, 0.717) is 21.3 Å². The van der Waals surface area contributed by atoms with Gasteiger partial charge in [-0.25, -0.2) is 8.42 Å². The summed E-state index contributed by atoms with van der Waals surface area (Å²) in [4.78, 5) is 26.8.